The molecule has 0 saturated carbocycles. The van der Waals surface area contributed by atoms with E-state index in [9.17, 15) is 4.79 Å². The Morgan fingerprint density at radius 3 is 2.72 bits per heavy atom. The Bertz CT molecular complexity index is 806. The molecule has 2 N–H and O–H groups in total. The Morgan fingerprint density at radius 1 is 1.28 bits per heavy atom. The summed E-state index contributed by atoms with van der Waals surface area (Å²) in [6.45, 7) is 2.13. The lowest BCUT2D eigenvalue weighted by Gasteiger charge is -2.13. The number of hydrogen-bond acceptors (Lipinski definition) is 4. The lowest BCUT2D eigenvalue weighted by Crippen LogP contribution is -2.30. The zero-order valence-electron chi connectivity index (χ0n) is 14.0. The zero-order chi connectivity index (χ0) is 17.8. The second-order valence-electron chi connectivity index (χ2n) is 5.56. The summed E-state index contributed by atoms with van der Waals surface area (Å²) in [5.74, 6) is 0.644. The first-order valence-electron chi connectivity index (χ1n) is 7.97. The molecule has 0 radical (unpaired) electrons. The fourth-order valence-corrected chi connectivity index (χ4v) is 3.87. The average Bonchev–Trinajstić information content (AvgIpc) is 2.95. The lowest BCUT2D eigenvalue weighted by atomic mass is 10.1. The molecule has 130 valence electrons. The number of ether oxygens (including phenoxy) is 1. The van der Waals surface area contributed by atoms with E-state index < -0.39 is 0 Å². The maximum Gasteiger partial charge on any atom is 0.260 e. The highest BCUT2D eigenvalue weighted by Crippen LogP contribution is 2.33. The number of hydrogen-bond donors (Lipinski definition) is 2. The van der Waals surface area contributed by atoms with Crippen molar-refractivity contribution in [2.24, 2.45) is 0 Å². The predicted molar refractivity (Wildman–Crippen MR) is 108 cm³/mol. The van der Waals surface area contributed by atoms with E-state index in [2.05, 4.69) is 45.6 Å². The molecule has 1 aliphatic rings. The van der Waals surface area contributed by atoms with Crippen molar-refractivity contribution in [1.29, 1.82) is 0 Å². The van der Waals surface area contributed by atoms with E-state index in [0.29, 0.717) is 4.91 Å². The van der Waals surface area contributed by atoms with Crippen molar-refractivity contribution in [1.82, 2.24) is 5.32 Å². The summed E-state index contributed by atoms with van der Waals surface area (Å²) in [7, 11) is 1.62. The summed E-state index contributed by atoms with van der Waals surface area (Å²) in [6, 6.07) is 14.0. The quantitative estimate of drug-likeness (QED) is 0.695. The van der Waals surface area contributed by atoms with Gasteiger partial charge in [-0.05, 0) is 48.4 Å². The van der Waals surface area contributed by atoms with Gasteiger partial charge >= 0.3 is 0 Å². The van der Waals surface area contributed by atoms with Crippen LogP contribution in [0.15, 0.2) is 51.8 Å². The molecule has 6 heteroatoms. The number of rotatable bonds is 5. The van der Waals surface area contributed by atoms with Crippen LogP contribution in [-0.4, -0.2) is 18.5 Å². The molecule has 0 aromatic heterocycles. The van der Waals surface area contributed by atoms with Crippen LogP contribution in [0.3, 0.4) is 0 Å². The fourth-order valence-electron chi connectivity index (χ4n) is 2.51. The van der Waals surface area contributed by atoms with Crippen molar-refractivity contribution < 1.29 is 9.53 Å². The van der Waals surface area contributed by atoms with Gasteiger partial charge in [-0.3, -0.25) is 4.79 Å². The van der Waals surface area contributed by atoms with E-state index in [0.717, 1.165) is 27.9 Å². The molecule has 1 heterocycles. The summed E-state index contributed by atoms with van der Waals surface area (Å²) in [5, 5.41) is 6.27. The van der Waals surface area contributed by atoms with Gasteiger partial charge in [-0.1, -0.05) is 46.7 Å². The fraction of sp³-hybridized carbons (Fsp3) is 0.211. The second kappa shape index (κ2) is 7.97. The van der Waals surface area contributed by atoms with Crippen LogP contribution >= 0.6 is 27.7 Å². The van der Waals surface area contributed by atoms with Crippen molar-refractivity contribution in [3.8, 4) is 5.75 Å². The van der Waals surface area contributed by atoms with Crippen LogP contribution in [0.1, 0.15) is 18.1 Å². The first kappa shape index (κ1) is 17.9. The summed E-state index contributed by atoms with van der Waals surface area (Å²) in [4.78, 5) is 12.9. The maximum absolute atomic E-state index is 12.3. The minimum absolute atomic E-state index is 0.0882. The van der Waals surface area contributed by atoms with Crippen LogP contribution in [0, 0.1) is 0 Å². The molecule has 0 bridgehead atoms. The van der Waals surface area contributed by atoms with Gasteiger partial charge in [0.25, 0.3) is 5.91 Å². The lowest BCUT2D eigenvalue weighted by molar-refractivity contribution is -0.116. The van der Waals surface area contributed by atoms with Crippen molar-refractivity contribution in [3.63, 3.8) is 0 Å². The van der Waals surface area contributed by atoms with Crippen LogP contribution < -0.4 is 15.4 Å². The first-order chi connectivity index (χ1) is 12.1. The third-order valence-electron chi connectivity index (χ3n) is 3.87. The number of amides is 1. The summed E-state index contributed by atoms with van der Waals surface area (Å²) in [5.41, 5.74) is 2.94. The van der Waals surface area contributed by atoms with E-state index >= 15 is 0 Å². The topological polar surface area (TPSA) is 50.4 Å². The molecule has 2 aromatic rings. The normalized spacial score (nSPS) is 18.3. The largest absolute Gasteiger partial charge is 0.496 e. The molecule has 3 rings (SSSR count). The molecule has 1 atom stereocenters. The van der Waals surface area contributed by atoms with Crippen LogP contribution in [-0.2, 0) is 11.2 Å². The predicted octanol–water partition coefficient (Wildman–Crippen LogP) is 4.62. The standard InChI is InChI=1S/C19H19BrN2O2S/c1-3-12-4-7-15(8-5-12)21-19-22-18(23)17(25-19)11-13-10-14(20)6-9-16(13)24-2/h4-11,19,21H,3H2,1-2H3,(H,22,23)/b17-11-/t19-/m0/s1. The van der Waals surface area contributed by atoms with Gasteiger partial charge in [-0.15, -0.1) is 0 Å². The van der Waals surface area contributed by atoms with E-state index in [1.165, 1.54) is 17.3 Å². The van der Waals surface area contributed by atoms with E-state index in [1.807, 2.05) is 36.4 Å². The first-order valence-corrected chi connectivity index (χ1v) is 9.64. The Kier molecular flexibility index (Phi) is 5.71. The van der Waals surface area contributed by atoms with Crippen molar-refractivity contribution in [3.05, 3.63) is 63.0 Å². The minimum atomic E-state index is -0.190. The van der Waals surface area contributed by atoms with E-state index in [4.69, 9.17) is 4.74 Å². The van der Waals surface area contributed by atoms with Gasteiger partial charge < -0.3 is 15.4 Å². The van der Waals surface area contributed by atoms with Crippen LogP contribution in [0.25, 0.3) is 6.08 Å². The highest BCUT2D eigenvalue weighted by molar-refractivity contribution is 9.10. The smallest absolute Gasteiger partial charge is 0.260 e. The van der Waals surface area contributed by atoms with Gasteiger partial charge in [0, 0.05) is 15.7 Å². The number of anilines is 1. The van der Waals surface area contributed by atoms with Crippen LogP contribution in [0.2, 0.25) is 0 Å². The average molecular weight is 419 g/mol. The third-order valence-corrected chi connectivity index (χ3v) is 5.39. The Balaban J connectivity index is 1.74. The summed E-state index contributed by atoms with van der Waals surface area (Å²) < 4.78 is 6.31. The highest BCUT2D eigenvalue weighted by atomic mass is 79.9. The number of aryl methyl sites for hydroxylation is 1. The Hall–Kier alpha value is -1.92. The molecule has 1 amide bonds. The van der Waals surface area contributed by atoms with Crippen molar-refractivity contribution >= 4 is 45.4 Å². The van der Waals surface area contributed by atoms with Gasteiger partial charge in [0.2, 0.25) is 0 Å². The Labute approximate surface area is 160 Å². The number of methoxy groups -OCH3 is 1. The summed E-state index contributed by atoms with van der Waals surface area (Å²) in [6.07, 6.45) is 2.86. The number of thioether (sulfide) groups is 1. The minimum Gasteiger partial charge on any atom is -0.496 e. The molecule has 0 unspecified atom stereocenters. The number of carbonyl (C=O) groups is 1. The van der Waals surface area contributed by atoms with Gasteiger partial charge in [-0.2, -0.15) is 0 Å². The molecule has 4 nitrogen and oxygen atoms in total. The number of benzene rings is 2. The monoisotopic (exact) mass is 418 g/mol. The number of nitrogens with one attached hydrogen (secondary N) is 2. The van der Waals surface area contributed by atoms with Gasteiger partial charge in [0.15, 0.2) is 5.50 Å². The highest BCUT2D eigenvalue weighted by Gasteiger charge is 2.27. The van der Waals surface area contributed by atoms with Gasteiger partial charge in [0.1, 0.15) is 5.75 Å². The molecular weight excluding hydrogens is 400 g/mol. The maximum atomic E-state index is 12.3. The van der Waals surface area contributed by atoms with E-state index in [-0.39, 0.29) is 11.4 Å². The molecule has 0 aliphatic carbocycles. The number of carbonyl (C=O) groups excluding carboxylic acids is 1. The SMILES string of the molecule is CCc1ccc(N[C@H]2NC(=O)/C(=C/c3cc(Br)ccc3OC)S2)cc1. The van der Waals surface area contributed by atoms with Gasteiger partial charge in [0.05, 0.1) is 12.0 Å². The Morgan fingerprint density at radius 2 is 2.04 bits per heavy atom. The molecule has 25 heavy (non-hydrogen) atoms. The summed E-state index contributed by atoms with van der Waals surface area (Å²) >= 11 is 4.92. The molecule has 0 spiro atoms. The van der Waals surface area contributed by atoms with E-state index in [1.54, 1.807) is 7.11 Å². The van der Waals surface area contributed by atoms with Crippen LogP contribution in [0.5, 0.6) is 5.75 Å². The molecule has 1 fully saturated rings. The molecule has 1 aliphatic heterocycles. The van der Waals surface area contributed by atoms with Gasteiger partial charge in [-0.25, -0.2) is 0 Å². The van der Waals surface area contributed by atoms with Crippen molar-refractivity contribution in [2.75, 3.05) is 12.4 Å². The molecule has 1 saturated heterocycles. The van der Waals surface area contributed by atoms with Crippen LogP contribution in [0.4, 0.5) is 5.69 Å². The zero-order valence-corrected chi connectivity index (χ0v) is 16.4. The number of halogens is 1. The van der Waals surface area contributed by atoms with Crippen molar-refractivity contribution in [2.45, 2.75) is 18.8 Å². The second-order valence-corrected chi connectivity index (χ2v) is 7.62. The third kappa shape index (κ3) is 4.38. The molecule has 2 aromatic carbocycles. The molecular formula is C19H19BrN2O2S.